The molecule has 0 amide bonds. The van der Waals surface area contributed by atoms with Crippen molar-refractivity contribution >= 4 is 11.6 Å². The maximum Gasteiger partial charge on any atom is 0.139 e. The summed E-state index contributed by atoms with van der Waals surface area (Å²) < 4.78 is 5.67. The van der Waals surface area contributed by atoms with Crippen molar-refractivity contribution in [3.63, 3.8) is 0 Å². The van der Waals surface area contributed by atoms with Crippen LogP contribution in [0.1, 0.15) is 25.0 Å². The summed E-state index contributed by atoms with van der Waals surface area (Å²) in [6.45, 7) is 5.84. The molecule has 2 rings (SSSR count). The van der Waals surface area contributed by atoms with Gasteiger partial charge in [0.25, 0.3) is 0 Å². The van der Waals surface area contributed by atoms with E-state index in [4.69, 9.17) is 16.3 Å². The summed E-state index contributed by atoms with van der Waals surface area (Å²) in [5.41, 5.74) is 2.46. The Morgan fingerprint density at radius 2 is 1.86 bits per heavy atom. The quantitative estimate of drug-likeness (QED) is 0.843. The summed E-state index contributed by atoms with van der Waals surface area (Å²) in [4.78, 5) is 3.99. The Hall–Kier alpha value is -1.58. The van der Waals surface area contributed by atoms with E-state index in [-0.39, 0.29) is 0 Å². The first kappa shape index (κ1) is 15.8. The van der Waals surface area contributed by atoms with E-state index in [0.717, 1.165) is 18.5 Å². The molecule has 0 atom stereocenters. The van der Waals surface area contributed by atoms with Crippen LogP contribution in [0.2, 0.25) is 5.02 Å². The highest BCUT2D eigenvalue weighted by atomic mass is 35.5. The van der Waals surface area contributed by atoms with Gasteiger partial charge in [-0.3, -0.25) is 4.98 Å². The Morgan fingerprint density at radius 1 is 1.14 bits per heavy atom. The zero-order valence-electron chi connectivity index (χ0n) is 12.5. The van der Waals surface area contributed by atoms with Crippen LogP contribution in [0.3, 0.4) is 0 Å². The van der Waals surface area contributed by atoms with E-state index in [2.05, 4.69) is 48.4 Å². The third-order valence-electron chi connectivity index (χ3n) is 3.07. The molecule has 1 aromatic heterocycles. The third-order valence-corrected chi connectivity index (χ3v) is 3.28. The van der Waals surface area contributed by atoms with Crippen LogP contribution in [0, 0.1) is 0 Å². The van der Waals surface area contributed by atoms with Crippen molar-refractivity contribution in [1.82, 2.24) is 10.3 Å². The summed E-state index contributed by atoms with van der Waals surface area (Å²) in [6.07, 6.45) is 4.30. The molecule has 0 aliphatic carbocycles. The van der Waals surface area contributed by atoms with Crippen molar-refractivity contribution in [2.24, 2.45) is 0 Å². The molecule has 112 valence electrons. The molecule has 0 saturated carbocycles. The minimum absolute atomic E-state index is 0.520. The number of ether oxygens (including phenoxy) is 1. The van der Waals surface area contributed by atoms with Gasteiger partial charge in [0.2, 0.25) is 0 Å². The van der Waals surface area contributed by atoms with E-state index in [1.807, 2.05) is 0 Å². The highest BCUT2D eigenvalue weighted by Gasteiger charge is 1.99. The van der Waals surface area contributed by atoms with Crippen LogP contribution < -0.4 is 10.1 Å². The molecule has 4 heteroatoms. The van der Waals surface area contributed by atoms with Gasteiger partial charge < -0.3 is 10.1 Å². The first-order chi connectivity index (χ1) is 10.1. The van der Waals surface area contributed by atoms with Gasteiger partial charge in [-0.15, -0.1) is 0 Å². The average molecular weight is 305 g/mol. The summed E-state index contributed by atoms with van der Waals surface area (Å²) in [5.74, 6) is 0.688. The number of nitrogens with one attached hydrogen (secondary N) is 1. The minimum Gasteiger partial charge on any atom is -0.487 e. The first-order valence-corrected chi connectivity index (χ1v) is 7.56. The van der Waals surface area contributed by atoms with Gasteiger partial charge in [0, 0.05) is 18.3 Å². The zero-order chi connectivity index (χ0) is 15.1. The lowest BCUT2D eigenvalue weighted by Crippen LogP contribution is -2.24. The van der Waals surface area contributed by atoms with Crippen LogP contribution in [0.4, 0.5) is 0 Å². The minimum atomic E-state index is 0.520. The molecule has 3 nitrogen and oxygen atoms in total. The Balaban J connectivity index is 1.82. The second-order valence-electron chi connectivity index (χ2n) is 5.30. The predicted octanol–water partition coefficient (Wildman–Crippen LogP) is 3.85. The Bertz CT molecular complexity index is 555. The van der Waals surface area contributed by atoms with Gasteiger partial charge in [-0.05, 0) is 24.1 Å². The van der Waals surface area contributed by atoms with Gasteiger partial charge in [-0.2, -0.15) is 0 Å². The lowest BCUT2D eigenvalue weighted by atomic mass is 10.1. The summed E-state index contributed by atoms with van der Waals surface area (Å²) in [7, 11) is 0. The van der Waals surface area contributed by atoms with Crippen molar-refractivity contribution < 1.29 is 4.74 Å². The number of hydrogen-bond acceptors (Lipinski definition) is 3. The van der Waals surface area contributed by atoms with Crippen LogP contribution in [-0.4, -0.2) is 17.6 Å². The van der Waals surface area contributed by atoms with Crippen LogP contribution >= 0.6 is 11.6 Å². The summed E-state index contributed by atoms with van der Waals surface area (Å²) in [6, 6.07) is 10.8. The van der Waals surface area contributed by atoms with Gasteiger partial charge >= 0.3 is 0 Å². The fourth-order valence-corrected chi connectivity index (χ4v) is 2.11. The Kier molecular flexibility index (Phi) is 6.03. The van der Waals surface area contributed by atoms with Crippen molar-refractivity contribution in [2.45, 2.75) is 32.9 Å². The Morgan fingerprint density at radius 3 is 2.52 bits per heavy atom. The van der Waals surface area contributed by atoms with Gasteiger partial charge in [-0.25, -0.2) is 0 Å². The molecular weight excluding hydrogens is 284 g/mol. The fraction of sp³-hybridized carbons (Fsp3) is 0.353. The standard InChI is InChI=1S/C17H21ClN2O/c1-13(2)20-8-7-14-3-5-15(6-4-14)12-21-17-9-16(18)10-19-11-17/h3-6,9-11,13,20H,7-8,12H2,1-2H3. The molecule has 0 bridgehead atoms. The lowest BCUT2D eigenvalue weighted by Gasteiger charge is -2.09. The molecular formula is C17H21ClN2O. The molecule has 0 saturated heterocycles. The number of benzene rings is 1. The fourth-order valence-electron chi connectivity index (χ4n) is 1.95. The highest BCUT2D eigenvalue weighted by molar-refractivity contribution is 6.30. The van der Waals surface area contributed by atoms with Crippen molar-refractivity contribution in [2.75, 3.05) is 6.54 Å². The molecule has 0 aliphatic rings. The van der Waals surface area contributed by atoms with Crippen LogP contribution in [0.25, 0.3) is 0 Å². The van der Waals surface area contributed by atoms with Crippen molar-refractivity contribution in [1.29, 1.82) is 0 Å². The summed E-state index contributed by atoms with van der Waals surface area (Å²) >= 11 is 5.87. The first-order valence-electron chi connectivity index (χ1n) is 7.18. The average Bonchev–Trinajstić information content (AvgIpc) is 2.46. The molecule has 21 heavy (non-hydrogen) atoms. The number of nitrogens with zero attached hydrogens (tertiary/aromatic N) is 1. The van der Waals surface area contributed by atoms with Gasteiger partial charge in [0.1, 0.15) is 12.4 Å². The molecule has 2 aromatic rings. The van der Waals surface area contributed by atoms with Gasteiger partial charge in [0.15, 0.2) is 0 Å². The monoisotopic (exact) mass is 304 g/mol. The molecule has 0 spiro atoms. The molecule has 1 heterocycles. The topological polar surface area (TPSA) is 34.1 Å². The van der Waals surface area contributed by atoms with Crippen LogP contribution in [0.15, 0.2) is 42.7 Å². The number of hydrogen-bond donors (Lipinski definition) is 1. The SMILES string of the molecule is CC(C)NCCc1ccc(COc2cncc(Cl)c2)cc1. The number of halogens is 1. The van der Waals surface area contributed by atoms with E-state index in [9.17, 15) is 0 Å². The molecule has 0 aliphatic heterocycles. The second-order valence-corrected chi connectivity index (χ2v) is 5.74. The molecule has 1 aromatic carbocycles. The van der Waals surface area contributed by atoms with Crippen molar-refractivity contribution in [3.05, 3.63) is 58.9 Å². The van der Waals surface area contributed by atoms with Gasteiger partial charge in [-0.1, -0.05) is 49.7 Å². The predicted molar refractivity (Wildman–Crippen MR) is 86.9 cm³/mol. The van der Waals surface area contributed by atoms with Crippen LogP contribution in [-0.2, 0) is 13.0 Å². The molecule has 1 N–H and O–H groups in total. The van der Waals surface area contributed by atoms with E-state index in [1.165, 1.54) is 5.56 Å². The van der Waals surface area contributed by atoms with E-state index in [0.29, 0.717) is 23.4 Å². The Labute approximate surface area is 131 Å². The maximum absolute atomic E-state index is 5.87. The largest absolute Gasteiger partial charge is 0.487 e. The molecule has 0 radical (unpaired) electrons. The second kappa shape index (κ2) is 8.01. The van der Waals surface area contributed by atoms with Crippen molar-refractivity contribution in [3.8, 4) is 5.75 Å². The molecule has 0 fully saturated rings. The number of rotatable bonds is 7. The molecule has 0 unspecified atom stereocenters. The normalized spacial score (nSPS) is 10.9. The summed E-state index contributed by atoms with van der Waals surface area (Å²) in [5, 5.41) is 4.00. The number of pyridine rings is 1. The van der Waals surface area contributed by atoms with Gasteiger partial charge in [0.05, 0.1) is 11.2 Å². The van der Waals surface area contributed by atoms with E-state index in [1.54, 1.807) is 18.5 Å². The zero-order valence-corrected chi connectivity index (χ0v) is 13.2. The lowest BCUT2D eigenvalue weighted by molar-refractivity contribution is 0.305. The maximum atomic E-state index is 5.87. The third kappa shape index (κ3) is 5.74. The smallest absolute Gasteiger partial charge is 0.139 e. The highest BCUT2D eigenvalue weighted by Crippen LogP contribution is 2.16. The van der Waals surface area contributed by atoms with Crippen LogP contribution in [0.5, 0.6) is 5.75 Å². The number of aromatic nitrogens is 1. The van der Waals surface area contributed by atoms with E-state index < -0.39 is 0 Å². The van der Waals surface area contributed by atoms with E-state index >= 15 is 0 Å².